The number of anilines is 2. The zero-order valence-electron chi connectivity index (χ0n) is 12.0. The summed E-state index contributed by atoms with van der Waals surface area (Å²) in [7, 11) is 1.30. The number of nitrogens with zero attached hydrogens (tertiary/aromatic N) is 1. The Morgan fingerprint density at radius 3 is 2.50 bits per heavy atom. The molecule has 114 valence electrons. The first-order valence-electron chi connectivity index (χ1n) is 6.56. The van der Waals surface area contributed by atoms with Crippen LogP contribution < -0.4 is 16.0 Å². The lowest BCUT2D eigenvalue weighted by atomic mass is 10.2. The third kappa shape index (κ3) is 4.78. The first-order chi connectivity index (χ1) is 10.7. The zero-order valence-corrected chi connectivity index (χ0v) is 12.0. The molecule has 1 heterocycles. The highest BCUT2D eigenvalue weighted by Gasteiger charge is 2.03. The van der Waals surface area contributed by atoms with Crippen LogP contribution in [0.2, 0.25) is 0 Å². The molecule has 0 saturated carbocycles. The summed E-state index contributed by atoms with van der Waals surface area (Å²) < 4.78 is 4.50. The average molecular weight is 300 g/mol. The van der Waals surface area contributed by atoms with Gasteiger partial charge in [-0.2, -0.15) is 0 Å². The van der Waals surface area contributed by atoms with Crippen molar-refractivity contribution >= 4 is 23.5 Å². The minimum absolute atomic E-state index is 0.315. The van der Waals surface area contributed by atoms with Gasteiger partial charge < -0.3 is 15.4 Å². The molecule has 0 saturated heterocycles. The normalized spacial score (nSPS) is 9.68. The Morgan fingerprint density at radius 1 is 1.09 bits per heavy atom. The van der Waals surface area contributed by atoms with Crippen LogP contribution in [0.4, 0.5) is 21.0 Å². The van der Waals surface area contributed by atoms with E-state index in [1.165, 1.54) is 7.11 Å². The standard InChI is InChI=1S/C15H16N4O3/c1-22-15(21)19-12-6-4-11(5-7-12)9-17-14(20)18-13-3-2-8-16-10-13/h2-8,10H,9H2,1H3,(H,19,21)(H2,17,18,20). The second kappa shape index (κ2) is 7.63. The molecule has 1 aromatic heterocycles. The molecule has 0 fully saturated rings. The van der Waals surface area contributed by atoms with E-state index in [4.69, 9.17) is 0 Å². The number of methoxy groups -OCH3 is 1. The number of carbonyl (C=O) groups is 2. The van der Waals surface area contributed by atoms with Gasteiger partial charge >= 0.3 is 12.1 Å². The number of pyridine rings is 1. The summed E-state index contributed by atoms with van der Waals surface area (Å²) in [6, 6.07) is 10.2. The van der Waals surface area contributed by atoms with Crippen molar-refractivity contribution in [2.45, 2.75) is 6.54 Å². The number of nitrogens with one attached hydrogen (secondary N) is 3. The molecule has 1 aromatic carbocycles. The number of hydrogen-bond acceptors (Lipinski definition) is 4. The van der Waals surface area contributed by atoms with Crippen molar-refractivity contribution in [3.05, 3.63) is 54.4 Å². The van der Waals surface area contributed by atoms with Gasteiger partial charge in [-0.3, -0.25) is 10.3 Å². The van der Waals surface area contributed by atoms with Crippen LogP contribution in [0.5, 0.6) is 0 Å². The van der Waals surface area contributed by atoms with E-state index in [-0.39, 0.29) is 6.03 Å². The SMILES string of the molecule is COC(=O)Nc1ccc(CNC(=O)Nc2cccnc2)cc1. The molecule has 3 N–H and O–H groups in total. The predicted molar refractivity (Wildman–Crippen MR) is 82.6 cm³/mol. The van der Waals surface area contributed by atoms with E-state index in [0.29, 0.717) is 17.9 Å². The maximum Gasteiger partial charge on any atom is 0.411 e. The number of ether oxygens (including phenoxy) is 1. The fourth-order valence-corrected chi connectivity index (χ4v) is 1.67. The summed E-state index contributed by atoms with van der Waals surface area (Å²) >= 11 is 0. The van der Waals surface area contributed by atoms with Crippen molar-refractivity contribution in [1.82, 2.24) is 10.3 Å². The minimum Gasteiger partial charge on any atom is -0.453 e. The maximum absolute atomic E-state index is 11.7. The van der Waals surface area contributed by atoms with E-state index in [1.54, 1.807) is 48.8 Å². The number of carbonyl (C=O) groups excluding carboxylic acids is 2. The van der Waals surface area contributed by atoms with Crippen LogP contribution in [0.3, 0.4) is 0 Å². The van der Waals surface area contributed by atoms with Crippen LogP contribution in [0, 0.1) is 0 Å². The molecule has 22 heavy (non-hydrogen) atoms. The first kappa shape index (κ1) is 15.3. The Balaban J connectivity index is 1.81. The van der Waals surface area contributed by atoms with Crippen molar-refractivity contribution in [2.75, 3.05) is 17.7 Å². The largest absolute Gasteiger partial charge is 0.453 e. The number of aromatic nitrogens is 1. The summed E-state index contributed by atoms with van der Waals surface area (Å²) in [4.78, 5) is 26.7. The summed E-state index contributed by atoms with van der Waals surface area (Å²) in [5, 5.41) is 7.95. The fourth-order valence-electron chi connectivity index (χ4n) is 1.67. The van der Waals surface area contributed by atoms with E-state index in [9.17, 15) is 9.59 Å². The summed E-state index contributed by atoms with van der Waals surface area (Å²) in [6.45, 7) is 0.366. The van der Waals surface area contributed by atoms with Gasteiger partial charge in [0.1, 0.15) is 0 Å². The predicted octanol–water partition coefficient (Wildman–Crippen LogP) is 2.58. The number of benzene rings is 1. The molecule has 7 nitrogen and oxygen atoms in total. The van der Waals surface area contributed by atoms with E-state index >= 15 is 0 Å². The molecule has 0 unspecified atom stereocenters. The lowest BCUT2D eigenvalue weighted by molar-refractivity contribution is 0.187. The molecular weight excluding hydrogens is 284 g/mol. The topological polar surface area (TPSA) is 92.4 Å². The molecule has 2 rings (SSSR count). The highest BCUT2D eigenvalue weighted by atomic mass is 16.5. The lowest BCUT2D eigenvalue weighted by Crippen LogP contribution is -2.28. The zero-order chi connectivity index (χ0) is 15.8. The van der Waals surface area contributed by atoms with Gasteiger partial charge in [0, 0.05) is 18.4 Å². The highest BCUT2D eigenvalue weighted by Crippen LogP contribution is 2.10. The summed E-state index contributed by atoms with van der Waals surface area (Å²) in [6.07, 6.45) is 2.67. The third-order valence-corrected chi connectivity index (χ3v) is 2.76. The van der Waals surface area contributed by atoms with Crippen molar-refractivity contribution in [3.63, 3.8) is 0 Å². The van der Waals surface area contributed by atoms with Crippen LogP contribution in [0.1, 0.15) is 5.56 Å². The molecular formula is C15H16N4O3. The third-order valence-electron chi connectivity index (χ3n) is 2.76. The monoisotopic (exact) mass is 300 g/mol. The van der Waals surface area contributed by atoms with E-state index in [2.05, 4.69) is 25.7 Å². The van der Waals surface area contributed by atoms with Gasteiger partial charge in [0.2, 0.25) is 0 Å². The Bertz CT molecular complexity index is 629. The molecule has 0 aliphatic rings. The second-order valence-corrected chi connectivity index (χ2v) is 4.36. The van der Waals surface area contributed by atoms with E-state index in [0.717, 1.165) is 5.56 Å². The number of amides is 3. The first-order valence-corrected chi connectivity index (χ1v) is 6.56. The van der Waals surface area contributed by atoms with Gasteiger partial charge in [0.15, 0.2) is 0 Å². The summed E-state index contributed by atoms with van der Waals surface area (Å²) in [5.74, 6) is 0. The van der Waals surface area contributed by atoms with Gasteiger partial charge in [-0.25, -0.2) is 9.59 Å². The quantitative estimate of drug-likeness (QED) is 0.809. The molecule has 0 atom stereocenters. The van der Waals surface area contributed by atoms with Crippen LogP contribution >= 0.6 is 0 Å². The van der Waals surface area contributed by atoms with Gasteiger partial charge in [-0.1, -0.05) is 12.1 Å². The summed E-state index contributed by atoms with van der Waals surface area (Å²) in [5.41, 5.74) is 2.14. The van der Waals surface area contributed by atoms with Crippen molar-refractivity contribution in [1.29, 1.82) is 0 Å². The van der Waals surface area contributed by atoms with E-state index in [1.807, 2.05) is 0 Å². The van der Waals surface area contributed by atoms with Gasteiger partial charge in [-0.05, 0) is 29.8 Å². The molecule has 2 aromatic rings. The average Bonchev–Trinajstić information content (AvgIpc) is 2.55. The van der Waals surface area contributed by atoms with Crippen LogP contribution in [-0.4, -0.2) is 24.2 Å². The molecule has 0 aliphatic carbocycles. The molecule has 0 radical (unpaired) electrons. The van der Waals surface area contributed by atoms with Crippen LogP contribution in [0.25, 0.3) is 0 Å². The Morgan fingerprint density at radius 2 is 1.86 bits per heavy atom. The Hall–Kier alpha value is -3.09. The molecule has 0 aliphatic heterocycles. The van der Waals surface area contributed by atoms with Crippen molar-refractivity contribution < 1.29 is 14.3 Å². The lowest BCUT2D eigenvalue weighted by Gasteiger charge is -2.08. The van der Waals surface area contributed by atoms with Gasteiger partial charge in [0.25, 0.3) is 0 Å². The smallest absolute Gasteiger partial charge is 0.411 e. The Labute approximate surface area is 127 Å². The minimum atomic E-state index is -0.526. The second-order valence-electron chi connectivity index (χ2n) is 4.36. The number of urea groups is 1. The molecule has 7 heteroatoms. The van der Waals surface area contributed by atoms with Crippen molar-refractivity contribution in [3.8, 4) is 0 Å². The van der Waals surface area contributed by atoms with Crippen molar-refractivity contribution in [2.24, 2.45) is 0 Å². The fraction of sp³-hybridized carbons (Fsp3) is 0.133. The highest BCUT2D eigenvalue weighted by molar-refractivity contribution is 5.89. The van der Waals surface area contributed by atoms with Crippen LogP contribution in [0.15, 0.2) is 48.8 Å². The van der Waals surface area contributed by atoms with Gasteiger partial charge in [-0.15, -0.1) is 0 Å². The van der Waals surface area contributed by atoms with E-state index < -0.39 is 6.09 Å². The molecule has 0 spiro atoms. The molecule has 3 amide bonds. The number of rotatable bonds is 4. The van der Waals surface area contributed by atoms with Crippen LogP contribution in [-0.2, 0) is 11.3 Å². The van der Waals surface area contributed by atoms with Gasteiger partial charge in [0.05, 0.1) is 19.0 Å². The molecule has 0 bridgehead atoms. The Kier molecular flexibility index (Phi) is 5.31. The maximum atomic E-state index is 11.7. The number of hydrogen-bond donors (Lipinski definition) is 3.